The van der Waals surface area contributed by atoms with Gasteiger partial charge in [-0.05, 0) is 49.9 Å². The van der Waals surface area contributed by atoms with Crippen molar-refractivity contribution in [3.8, 4) is 0 Å². The minimum absolute atomic E-state index is 0.195. The maximum atomic E-state index is 10.6. The number of rotatable bonds is 16. The zero-order valence-electron chi connectivity index (χ0n) is 19.4. The molecule has 4 atom stereocenters. The molecule has 1 saturated carbocycles. The molecule has 0 aromatic carbocycles. The van der Waals surface area contributed by atoms with E-state index in [0.29, 0.717) is 31.0 Å². The second kappa shape index (κ2) is 13.7. The number of aliphatic carboxylic acids is 1. The van der Waals surface area contributed by atoms with Crippen molar-refractivity contribution in [2.75, 3.05) is 13.2 Å². The van der Waals surface area contributed by atoms with Crippen molar-refractivity contribution >= 4 is 5.97 Å². The molecular formula is C25H46O5. The fourth-order valence-corrected chi connectivity index (χ4v) is 5.65. The van der Waals surface area contributed by atoms with Crippen molar-refractivity contribution in [1.29, 1.82) is 0 Å². The number of carboxylic acid groups (broad SMARTS) is 1. The Morgan fingerprint density at radius 1 is 0.900 bits per heavy atom. The van der Waals surface area contributed by atoms with Crippen LogP contribution in [0, 0.1) is 17.8 Å². The summed E-state index contributed by atoms with van der Waals surface area (Å²) in [5, 5.41) is 19.4. The maximum Gasteiger partial charge on any atom is 0.303 e. The highest BCUT2D eigenvalue weighted by Crippen LogP contribution is 2.44. The molecule has 0 spiro atoms. The summed E-state index contributed by atoms with van der Waals surface area (Å²) in [6.07, 6.45) is 15.2. The van der Waals surface area contributed by atoms with Gasteiger partial charge in [-0.25, -0.2) is 0 Å². The number of ether oxygens (including phenoxy) is 2. The maximum absolute atomic E-state index is 10.6. The molecule has 2 N–H and O–H groups in total. The van der Waals surface area contributed by atoms with E-state index >= 15 is 0 Å². The zero-order valence-corrected chi connectivity index (χ0v) is 19.4. The van der Waals surface area contributed by atoms with Gasteiger partial charge in [0.05, 0.1) is 19.3 Å². The lowest BCUT2D eigenvalue weighted by Crippen LogP contribution is -2.32. The van der Waals surface area contributed by atoms with Crippen LogP contribution >= 0.6 is 0 Å². The van der Waals surface area contributed by atoms with Crippen LogP contribution in [0.1, 0.15) is 110 Å². The number of unbranched alkanes of at least 4 members (excludes halogenated alkanes) is 7. The summed E-state index contributed by atoms with van der Waals surface area (Å²) in [6.45, 7) is 5.94. The van der Waals surface area contributed by atoms with Crippen LogP contribution < -0.4 is 0 Å². The molecule has 1 aliphatic heterocycles. The summed E-state index contributed by atoms with van der Waals surface area (Å²) in [5.41, 5.74) is 0. The van der Waals surface area contributed by atoms with Crippen molar-refractivity contribution in [1.82, 2.24) is 0 Å². The summed E-state index contributed by atoms with van der Waals surface area (Å²) in [5.74, 6) is 0.345. The van der Waals surface area contributed by atoms with E-state index in [4.69, 9.17) is 14.6 Å². The molecule has 0 radical (unpaired) electrons. The number of aliphatic hydroxyl groups is 1. The molecule has 0 aromatic heterocycles. The molecule has 1 aliphatic carbocycles. The Kier molecular flexibility index (Phi) is 11.7. The first kappa shape index (κ1) is 25.6. The van der Waals surface area contributed by atoms with Crippen molar-refractivity contribution in [2.45, 2.75) is 122 Å². The van der Waals surface area contributed by atoms with Crippen LogP contribution in [0.2, 0.25) is 0 Å². The van der Waals surface area contributed by atoms with Crippen molar-refractivity contribution in [3.05, 3.63) is 0 Å². The normalized spacial score (nSPS) is 28.2. The van der Waals surface area contributed by atoms with Gasteiger partial charge in [0.1, 0.15) is 0 Å². The highest BCUT2D eigenvalue weighted by molar-refractivity contribution is 5.66. The summed E-state index contributed by atoms with van der Waals surface area (Å²) >= 11 is 0. The summed E-state index contributed by atoms with van der Waals surface area (Å²) in [4.78, 5) is 10.6. The molecule has 5 heteroatoms. The van der Waals surface area contributed by atoms with Gasteiger partial charge >= 0.3 is 5.97 Å². The SMILES string of the molecule is CCCCCCCC1(CCC2C(C)CC(O)C2CCCCCCC(=O)O)OCCO1. The topological polar surface area (TPSA) is 76.0 Å². The fourth-order valence-electron chi connectivity index (χ4n) is 5.65. The molecule has 176 valence electrons. The summed E-state index contributed by atoms with van der Waals surface area (Å²) < 4.78 is 12.2. The predicted octanol–water partition coefficient (Wildman–Crippen LogP) is 5.93. The van der Waals surface area contributed by atoms with Crippen LogP contribution in [-0.2, 0) is 14.3 Å². The quantitative estimate of drug-likeness (QED) is 0.299. The van der Waals surface area contributed by atoms with E-state index in [9.17, 15) is 9.90 Å². The highest BCUT2D eigenvalue weighted by atomic mass is 16.7. The van der Waals surface area contributed by atoms with Gasteiger partial charge < -0.3 is 19.7 Å². The van der Waals surface area contributed by atoms with E-state index in [1.54, 1.807) is 0 Å². The van der Waals surface area contributed by atoms with E-state index in [-0.39, 0.29) is 18.3 Å². The molecule has 2 rings (SSSR count). The van der Waals surface area contributed by atoms with Gasteiger partial charge in [-0.15, -0.1) is 0 Å². The lowest BCUT2D eigenvalue weighted by Gasteiger charge is -2.31. The van der Waals surface area contributed by atoms with E-state index in [2.05, 4.69) is 13.8 Å². The Hall–Kier alpha value is -0.650. The van der Waals surface area contributed by atoms with Crippen LogP contribution in [0.4, 0.5) is 0 Å². The van der Waals surface area contributed by atoms with Gasteiger partial charge in [-0.1, -0.05) is 58.8 Å². The minimum atomic E-state index is -0.703. The Bertz CT molecular complexity index is 474. The zero-order chi connectivity index (χ0) is 21.8. The van der Waals surface area contributed by atoms with Gasteiger partial charge in [0.25, 0.3) is 0 Å². The highest BCUT2D eigenvalue weighted by Gasteiger charge is 2.42. The van der Waals surface area contributed by atoms with Crippen molar-refractivity contribution in [3.63, 3.8) is 0 Å². The first-order chi connectivity index (χ1) is 14.5. The van der Waals surface area contributed by atoms with Gasteiger partial charge in [-0.3, -0.25) is 4.79 Å². The second-order valence-corrected chi connectivity index (χ2v) is 9.77. The molecule has 2 aliphatic rings. The molecule has 5 nitrogen and oxygen atoms in total. The van der Waals surface area contributed by atoms with Gasteiger partial charge in [0, 0.05) is 19.3 Å². The molecule has 0 bridgehead atoms. The number of aliphatic hydroxyl groups excluding tert-OH is 1. The third kappa shape index (κ3) is 8.47. The van der Waals surface area contributed by atoms with Crippen LogP contribution in [0.5, 0.6) is 0 Å². The summed E-state index contributed by atoms with van der Waals surface area (Å²) in [6, 6.07) is 0. The largest absolute Gasteiger partial charge is 0.481 e. The first-order valence-electron chi connectivity index (χ1n) is 12.6. The van der Waals surface area contributed by atoms with E-state index in [1.165, 1.54) is 32.1 Å². The Labute approximate surface area is 183 Å². The Balaban J connectivity index is 1.77. The average Bonchev–Trinajstić information content (AvgIpc) is 3.27. The second-order valence-electron chi connectivity index (χ2n) is 9.77. The molecule has 1 heterocycles. The van der Waals surface area contributed by atoms with E-state index < -0.39 is 5.97 Å². The van der Waals surface area contributed by atoms with Crippen LogP contribution in [-0.4, -0.2) is 41.3 Å². The lowest BCUT2D eigenvalue weighted by atomic mass is 9.81. The average molecular weight is 427 g/mol. The van der Waals surface area contributed by atoms with E-state index in [0.717, 1.165) is 57.8 Å². The number of hydrogen-bond donors (Lipinski definition) is 2. The Morgan fingerprint density at radius 3 is 2.27 bits per heavy atom. The first-order valence-corrected chi connectivity index (χ1v) is 12.6. The molecule has 1 saturated heterocycles. The number of carboxylic acids is 1. The molecule has 0 amide bonds. The van der Waals surface area contributed by atoms with Gasteiger partial charge in [-0.2, -0.15) is 0 Å². The standard InChI is InChI=1S/C25H46O5/c1-3-4-5-8-11-15-25(29-17-18-30-25)16-14-21-20(2)19-23(26)22(21)12-9-6-7-10-13-24(27)28/h20-23,26H,3-19H2,1-2H3,(H,27,28). The third-order valence-electron chi connectivity index (χ3n) is 7.40. The smallest absolute Gasteiger partial charge is 0.303 e. The number of carbonyl (C=O) groups is 1. The van der Waals surface area contributed by atoms with Crippen molar-refractivity contribution in [2.24, 2.45) is 17.8 Å². The molecule has 0 aromatic rings. The third-order valence-corrected chi connectivity index (χ3v) is 7.40. The fraction of sp³-hybridized carbons (Fsp3) is 0.960. The molecule has 30 heavy (non-hydrogen) atoms. The molecular weight excluding hydrogens is 380 g/mol. The minimum Gasteiger partial charge on any atom is -0.481 e. The Morgan fingerprint density at radius 2 is 1.57 bits per heavy atom. The van der Waals surface area contributed by atoms with Gasteiger partial charge in [0.2, 0.25) is 0 Å². The van der Waals surface area contributed by atoms with Crippen LogP contribution in [0.25, 0.3) is 0 Å². The molecule has 4 unspecified atom stereocenters. The monoisotopic (exact) mass is 426 g/mol. The lowest BCUT2D eigenvalue weighted by molar-refractivity contribution is -0.171. The van der Waals surface area contributed by atoms with Crippen LogP contribution in [0.3, 0.4) is 0 Å². The molecule has 2 fully saturated rings. The van der Waals surface area contributed by atoms with E-state index in [1.807, 2.05) is 0 Å². The number of hydrogen-bond acceptors (Lipinski definition) is 4. The summed E-state index contributed by atoms with van der Waals surface area (Å²) in [7, 11) is 0. The van der Waals surface area contributed by atoms with Crippen LogP contribution in [0.15, 0.2) is 0 Å². The van der Waals surface area contributed by atoms with Gasteiger partial charge in [0.15, 0.2) is 5.79 Å². The van der Waals surface area contributed by atoms with Crippen molar-refractivity contribution < 1.29 is 24.5 Å². The predicted molar refractivity (Wildman–Crippen MR) is 119 cm³/mol.